The molecule has 334 valence electrons. The lowest BCUT2D eigenvalue weighted by Crippen LogP contribution is -2.14. The third-order valence-electron chi connectivity index (χ3n) is 14.5. The third-order valence-corrected chi connectivity index (χ3v) is 14.5. The van der Waals surface area contributed by atoms with Crippen molar-refractivity contribution in [3.05, 3.63) is 255 Å². The Labute approximate surface area is 412 Å². The van der Waals surface area contributed by atoms with Crippen molar-refractivity contribution in [3.63, 3.8) is 0 Å². The highest BCUT2D eigenvalue weighted by Crippen LogP contribution is 2.41. The summed E-state index contributed by atoms with van der Waals surface area (Å²) in [5.74, 6) is 0. The van der Waals surface area contributed by atoms with E-state index >= 15 is 0 Å². The van der Waals surface area contributed by atoms with Crippen molar-refractivity contribution >= 4 is 98.3 Å². The molecule has 7 heteroatoms. The SMILES string of the molecule is C1=C=C(N(c2ccccc2)c2ccc3c(c2)c2cnccc2n3-c2ccc(-c3cc(-n4cnc5c6ccccc6c6ccccc6c54)cc(-n4cnc5c6ccccc6c6ccccc6c54)c3)cc2)C=CC=1. The van der Waals surface area contributed by atoms with Crippen LogP contribution in [0, 0.1) is 0 Å². The van der Waals surface area contributed by atoms with Gasteiger partial charge in [0.2, 0.25) is 0 Å². The molecule has 0 saturated carbocycles. The average Bonchev–Trinajstić information content (AvgIpc) is 4.20. The van der Waals surface area contributed by atoms with Crippen LogP contribution >= 0.6 is 0 Å². The van der Waals surface area contributed by atoms with Crippen molar-refractivity contribution in [2.75, 3.05) is 4.90 Å². The van der Waals surface area contributed by atoms with Gasteiger partial charge in [0.1, 0.15) is 12.7 Å². The van der Waals surface area contributed by atoms with Gasteiger partial charge >= 0.3 is 0 Å². The van der Waals surface area contributed by atoms with Crippen LogP contribution in [0.15, 0.2) is 255 Å². The summed E-state index contributed by atoms with van der Waals surface area (Å²) in [5.41, 5.74) is 21.0. The van der Waals surface area contributed by atoms with Gasteiger partial charge in [-0.2, -0.15) is 0 Å². The van der Waals surface area contributed by atoms with E-state index in [9.17, 15) is 0 Å². The highest BCUT2D eigenvalue weighted by molar-refractivity contribution is 6.25. The topological polar surface area (TPSA) is 56.7 Å². The number of pyridine rings is 1. The van der Waals surface area contributed by atoms with Crippen molar-refractivity contribution in [1.82, 2.24) is 28.7 Å². The maximum absolute atomic E-state index is 5.16. The zero-order valence-corrected chi connectivity index (χ0v) is 38.6. The second-order valence-corrected chi connectivity index (χ2v) is 18.4. The predicted octanol–water partition coefficient (Wildman–Crippen LogP) is 16.0. The zero-order valence-electron chi connectivity index (χ0n) is 38.6. The van der Waals surface area contributed by atoms with Crippen molar-refractivity contribution in [2.45, 2.75) is 0 Å². The highest BCUT2D eigenvalue weighted by Gasteiger charge is 2.21. The van der Waals surface area contributed by atoms with Crippen molar-refractivity contribution in [1.29, 1.82) is 0 Å². The molecule has 0 aliphatic heterocycles. The summed E-state index contributed by atoms with van der Waals surface area (Å²) in [4.78, 5) is 17.2. The number of rotatable bonds is 7. The van der Waals surface area contributed by atoms with E-state index < -0.39 is 0 Å². The van der Waals surface area contributed by atoms with Crippen LogP contribution in [0.4, 0.5) is 11.4 Å². The quantitative estimate of drug-likeness (QED) is 0.118. The van der Waals surface area contributed by atoms with Crippen LogP contribution in [0.25, 0.3) is 115 Å². The number of anilines is 2. The first kappa shape index (κ1) is 39.9. The van der Waals surface area contributed by atoms with Crippen LogP contribution in [-0.4, -0.2) is 28.7 Å². The van der Waals surface area contributed by atoms with Crippen LogP contribution in [0.1, 0.15) is 0 Å². The van der Waals surface area contributed by atoms with Crippen LogP contribution in [0.2, 0.25) is 0 Å². The van der Waals surface area contributed by atoms with Gasteiger partial charge in [0.05, 0.1) is 38.8 Å². The summed E-state index contributed by atoms with van der Waals surface area (Å²) in [6.07, 6.45) is 13.8. The van der Waals surface area contributed by atoms with Crippen LogP contribution in [0.5, 0.6) is 0 Å². The van der Waals surface area contributed by atoms with Gasteiger partial charge in [-0.05, 0) is 117 Å². The Balaban J connectivity index is 0.921. The number of fused-ring (bicyclic) bond motifs is 15. The molecule has 10 aromatic carbocycles. The van der Waals surface area contributed by atoms with E-state index in [1.54, 1.807) is 0 Å². The number of hydrogen-bond donors (Lipinski definition) is 0. The maximum atomic E-state index is 5.16. The van der Waals surface area contributed by atoms with Crippen molar-refractivity contribution in [3.8, 4) is 28.2 Å². The van der Waals surface area contributed by atoms with Gasteiger partial charge in [0.15, 0.2) is 0 Å². The lowest BCUT2D eigenvalue weighted by atomic mass is 9.99. The molecular formula is C65H39N7. The molecule has 72 heavy (non-hydrogen) atoms. The molecule has 4 heterocycles. The lowest BCUT2D eigenvalue weighted by molar-refractivity contribution is 1.06. The molecule has 15 rings (SSSR count). The standard InChI is InChI=1S/C65H39N7/c1-3-15-44(16-4-1)71(45-17-5-2-6-18-45)47-31-32-60-58(38-47)59-39-66-34-33-61(59)72(60)46-29-27-42(28-30-46)43-35-48(69-40-67-62-54-23-11-7-19-50(54)52-21-9-13-25-56(52)64(62)69)37-49(36-43)70-41-68-63-55-24-12-8-20-51(55)53-22-10-14-26-57(53)65(63)70/h1-5,7-17,19-41H. The molecule has 0 atom stereocenters. The Kier molecular flexibility index (Phi) is 8.73. The van der Waals surface area contributed by atoms with Gasteiger partial charge in [-0.3, -0.25) is 14.1 Å². The molecule has 0 fully saturated rings. The molecule has 0 spiro atoms. The summed E-state index contributed by atoms with van der Waals surface area (Å²) >= 11 is 0. The van der Waals surface area contributed by atoms with Gasteiger partial charge in [-0.25, -0.2) is 9.97 Å². The third kappa shape index (κ3) is 6.03. The summed E-state index contributed by atoms with van der Waals surface area (Å²) in [5, 5.41) is 11.6. The smallest absolute Gasteiger partial charge is 0.100 e. The minimum Gasteiger partial charge on any atom is -0.309 e. The fraction of sp³-hybridized carbons (Fsp3) is 0. The fourth-order valence-corrected chi connectivity index (χ4v) is 11.3. The van der Waals surface area contributed by atoms with Crippen LogP contribution in [0.3, 0.4) is 0 Å². The lowest BCUT2D eigenvalue weighted by Gasteiger charge is -2.25. The maximum Gasteiger partial charge on any atom is 0.100 e. The number of allylic oxidation sites excluding steroid dienone is 3. The van der Waals surface area contributed by atoms with Gasteiger partial charge in [0.25, 0.3) is 0 Å². The molecule has 4 aromatic heterocycles. The van der Waals surface area contributed by atoms with E-state index in [2.05, 4.69) is 229 Å². The van der Waals surface area contributed by atoms with Gasteiger partial charge in [-0.15, -0.1) is 0 Å². The van der Waals surface area contributed by atoms with E-state index in [-0.39, 0.29) is 0 Å². The van der Waals surface area contributed by atoms with E-state index in [4.69, 9.17) is 9.97 Å². The van der Waals surface area contributed by atoms with E-state index in [0.29, 0.717) is 0 Å². The summed E-state index contributed by atoms with van der Waals surface area (Å²) < 4.78 is 6.88. The summed E-state index contributed by atoms with van der Waals surface area (Å²) in [7, 11) is 0. The minimum atomic E-state index is 0.916. The molecule has 0 N–H and O–H groups in total. The number of para-hydroxylation sites is 1. The Morgan fingerprint density at radius 2 is 0.972 bits per heavy atom. The molecule has 14 aromatic rings. The van der Waals surface area contributed by atoms with Gasteiger partial charge < -0.3 is 9.47 Å². The van der Waals surface area contributed by atoms with Crippen LogP contribution < -0.4 is 4.90 Å². The summed E-state index contributed by atoms with van der Waals surface area (Å²) in [6.45, 7) is 0. The minimum absolute atomic E-state index is 0.916. The first-order valence-corrected chi connectivity index (χ1v) is 24.1. The van der Waals surface area contributed by atoms with Crippen molar-refractivity contribution in [2.24, 2.45) is 0 Å². The molecule has 0 radical (unpaired) electrons. The number of aromatic nitrogens is 6. The van der Waals surface area contributed by atoms with Crippen LogP contribution in [-0.2, 0) is 0 Å². The second-order valence-electron chi connectivity index (χ2n) is 18.4. The average molecular weight is 918 g/mol. The van der Waals surface area contributed by atoms with Crippen molar-refractivity contribution < 1.29 is 0 Å². The molecule has 0 unspecified atom stereocenters. The second kappa shape index (κ2) is 15.8. The van der Waals surface area contributed by atoms with E-state index in [1.165, 1.54) is 21.5 Å². The number of nitrogens with zero attached hydrogens (tertiary/aromatic N) is 7. The largest absolute Gasteiger partial charge is 0.309 e. The van der Waals surface area contributed by atoms with Gasteiger partial charge in [0, 0.05) is 73.1 Å². The molecule has 0 bridgehead atoms. The van der Waals surface area contributed by atoms with E-state index in [1.807, 2.05) is 43.3 Å². The first-order chi connectivity index (χ1) is 35.7. The first-order valence-electron chi connectivity index (χ1n) is 24.1. The summed E-state index contributed by atoms with van der Waals surface area (Å²) in [6, 6.07) is 69.6. The highest BCUT2D eigenvalue weighted by atomic mass is 15.1. The zero-order chi connectivity index (χ0) is 47.3. The molecule has 1 aliphatic rings. The predicted molar refractivity (Wildman–Crippen MR) is 296 cm³/mol. The Hall–Kier alpha value is -10.0. The molecule has 0 amide bonds. The number of hydrogen-bond acceptors (Lipinski definition) is 4. The molecular weight excluding hydrogens is 879 g/mol. The number of imidazole rings is 2. The molecule has 7 nitrogen and oxygen atoms in total. The Morgan fingerprint density at radius 3 is 1.57 bits per heavy atom. The monoisotopic (exact) mass is 917 g/mol. The Morgan fingerprint density at radius 1 is 0.417 bits per heavy atom. The van der Waals surface area contributed by atoms with Gasteiger partial charge in [-0.1, -0.05) is 139 Å². The van der Waals surface area contributed by atoms with E-state index in [0.717, 1.165) is 111 Å². The number of benzene rings is 10. The molecule has 1 aliphatic carbocycles. The Bertz CT molecular complexity index is 4540. The fourth-order valence-electron chi connectivity index (χ4n) is 11.3. The molecule has 0 saturated heterocycles. The normalized spacial score (nSPS) is 12.5.